The van der Waals surface area contributed by atoms with Crippen molar-refractivity contribution in [2.24, 2.45) is 0 Å². The minimum atomic E-state index is 0.320. The number of nitrogens with one attached hydrogen (secondary N) is 1. The van der Waals surface area contributed by atoms with E-state index in [1.165, 1.54) is 22.3 Å². The van der Waals surface area contributed by atoms with Crippen molar-refractivity contribution in [3.8, 4) is 5.75 Å². The molecule has 1 aliphatic rings. The van der Waals surface area contributed by atoms with Gasteiger partial charge in [0.25, 0.3) is 0 Å². The largest absolute Gasteiger partial charge is 0.493 e. The Morgan fingerprint density at radius 1 is 1.29 bits per heavy atom. The molecule has 0 aromatic heterocycles. The van der Waals surface area contributed by atoms with Crippen LogP contribution in [-0.2, 0) is 13.0 Å². The normalized spacial score (nSPS) is 14.6. The molecule has 1 N–H and O–H groups in total. The van der Waals surface area contributed by atoms with Crippen molar-refractivity contribution in [2.75, 3.05) is 6.61 Å². The molecule has 0 bridgehead atoms. The van der Waals surface area contributed by atoms with Crippen LogP contribution < -0.4 is 10.1 Å². The Morgan fingerprint density at radius 2 is 2.14 bits per heavy atom. The Balaban J connectivity index is 1.73. The third-order valence-corrected chi connectivity index (χ3v) is 4.42. The molecule has 2 nitrogen and oxygen atoms in total. The molecule has 0 saturated carbocycles. The van der Waals surface area contributed by atoms with Gasteiger partial charge in [-0.1, -0.05) is 45.8 Å². The van der Waals surface area contributed by atoms with E-state index in [2.05, 4.69) is 71.5 Å². The Kier molecular flexibility index (Phi) is 4.32. The van der Waals surface area contributed by atoms with Gasteiger partial charge in [-0.2, -0.15) is 0 Å². The SMILES string of the molecule is Cc1cccc(C(C)NCc2cc(Br)cc3c2OCC3)c1. The zero-order valence-corrected chi connectivity index (χ0v) is 14.0. The highest BCUT2D eigenvalue weighted by molar-refractivity contribution is 9.10. The second-order valence-electron chi connectivity index (χ2n) is 5.67. The smallest absolute Gasteiger partial charge is 0.127 e. The molecule has 0 aliphatic carbocycles. The molecule has 1 aliphatic heterocycles. The highest BCUT2D eigenvalue weighted by Crippen LogP contribution is 2.33. The highest BCUT2D eigenvalue weighted by Gasteiger charge is 2.17. The van der Waals surface area contributed by atoms with Crippen molar-refractivity contribution in [3.05, 3.63) is 63.1 Å². The Bertz CT molecular complexity index is 654. The molecule has 1 unspecified atom stereocenters. The van der Waals surface area contributed by atoms with Gasteiger partial charge in [0.15, 0.2) is 0 Å². The van der Waals surface area contributed by atoms with E-state index < -0.39 is 0 Å². The van der Waals surface area contributed by atoms with Crippen LogP contribution in [0, 0.1) is 6.92 Å². The molecule has 1 atom stereocenters. The van der Waals surface area contributed by atoms with Crippen molar-refractivity contribution in [1.29, 1.82) is 0 Å². The van der Waals surface area contributed by atoms with Crippen molar-refractivity contribution < 1.29 is 4.74 Å². The van der Waals surface area contributed by atoms with E-state index in [9.17, 15) is 0 Å². The maximum atomic E-state index is 5.78. The van der Waals surface area contributed by atoms with E-state index in [0.717, 1.165) is 29.8 Å². The van der Waals surface area contributed by atoms with E-state index in [-0.39, 0.29) is 0 Å². The first-order valence-electron chi connectivity index (χ1n) is 7.37. The van der Waals surface area contributed by atoms with Crippen LogP contribution in [0.4, 0.5) is 0 Å². The van der Waals surface area contributed by atoms with Crippen LogP contribution >= 0.6 is 15.9 Å². The lowest BCUT2D eigenvalue weighted by atomic mass is 10.0. The van der Waals surface area contributed by atoms with Gasteiger partial charge in [-0.05, 0) is 37.1 Å². The zero-order valence-electron chi connectivity index (χ0n) is 12.4. The topological polar surface area (TPSA) is 21.3 Å². The maximum absolute atomic E-state index is 5.78. The number of benzene rings is 2. The molecule has 3 rings (SSSR count). The van der Waals surface area contributed by atoms with Gasteiger partial charge in [0.05, 0.1) is 6.61 Å². The number of rotatable bonds is 4. The van der Waals surface area contributed by atoms with Gasteiger partial charge >= 0.3 is 0 Å². The standard InChI is InChI=1S/C18H20BrNO/c1-12-4-3-5-14(8-12)13(2)20-11-16-10-17(19)9-15-6-7-21-18(15)16/h3-5,8-10,13,20H,6-7,11H2,1-2H3. The monoisotopic (exact) mass is 345 g/mol. The zero-order chi connectivity index (χ0) is 14.8. The summed E-state index contributed by atoms with van der Waals surface area (Å²) in [6, 6.07) is 13.3. The van der Waals surface area contributed by atoms with Crippen LogP contribution in [0.2, 0.25) is 0 Å². The maximum Gasteiger partial charge on any atom is 0.127 e. The van der Waals surface area contributed by atoms with Crippen molar-refractivity contribution >= 4 is 15.9 Å². The second kappa shape index (κ2) is 6.20. The molecule has 0 fully saturated rings. The third-order valence-electron chi connectivity index (χ3n) is 3.97. The average Bonchev–Trinajstić information content (AvgIpc) is 2.92. The summed E-state index contributed by atoms with van der Waals surface area (Å²) in [5, 5.41) is 3.60. The van der Waals surface area contributed by atoms with E-state index in [1.54, 1.807) is 0 Å². The number of halogens is 1. The van der Waals surface area contributed by atoms with Crippen molar-refractivity contribution in [1.82, 2.24) is 5.32 Å². The number of fused-ring (bicyclic) bond motifs is 1. The van der Waals surface area contributed by atoms with Gasteiger partial charge < -0.3 is 10.1 Å². The minimum absolute atomic E-state index is 0.320. The lowest BCUT2D eigenvalue weighted by Gasteiger charge is -2.16. The third kappa shape index (κ3) is 3.30. The summed E-state index contributed by atoms with van der Waals surface area (Å²) in [6.45, 7) is 5.95. The van der Waals surface area contributed by atoms with Crippen LogP contribution in [-0.4, -0.2) is 6.61 Å². The fraction of sp³-hybridized carbons (Fsp3) is 0.333. The van der Waals surface area contributed by atoms with Gasteiger partial charge in [-0.3, -0.25) is 0 Å². The van der Waals surface area contributed by atoms with Gasteiger partial charge in [0, 0.05) is 29.0 Å². The summed E-state index contributed by atoms with van der Waals surface area (Å²) < 4.78 is 6.91. The van der Waals surface area contributed by atoms with Crippen LogP contribution in [0.25, 0.3) is 0 Å². The molecule has 2 aromatic rings. The first kappa shape index (κ1) is 14.6. The van der Waals surface area contributed by atoms with Crippen LogP contribution in [0.3, 0.4) is 0 Å². The number of hydrogen-bond acceptors (Lipinski definition) is 2. The lowest BCUT2D eigenvalue weighted by molar-refractivity contribution is 0.351. The molecule has 21 heavy (non-hydrogen) atoms. The fourth-order valence-electron chi connectivity index (χ4n) is 2.80. The second-order valence-corrected chi connectivity index (χ2v) is 6.58. The first-order valence-corrected chi connectivity index (χ1v) is 8.17. The molecule has 2 aromatic carbocycles. The highest BCUT2D eigenvalue weighted by atomic mass is 79.9. The molecule has 0 spiro atoms. The Morgan fingerprint density at radius 3 is 2.95 bits per heavy atom. The van der Waals surface area contributed by atoms with E-state index >= 15 is 0 Å². The summed E-state index contributed by atoms with van der Waals surface area (Å²) in [4.78, 5) is 0. The Labute approximate surface area is 134 Å². The number of hydrogen-bond donors (Lipinski definition) is 1. The predicted molar refractivity (Wildman–Crippen MR) is 89.8 cm³/mol. The summed E-state index contributed by atoms with van der Waals surface area (Å²) in [5.41, 5.74) is 5.16. The molecule has 1 heterocycles. The molecule has 0 saturated heterocycles. The Hall–Kier alpha value is -1.32. The van der Waals surface area contributed by atoms with Crippen LogP contribution in [0.1, 0.15) is 35.2 Å². The summed E-state index contributed by atoms with van der Waals surface area (Å²) in [6.07, 6.45) is 1.01. The predicted octanol–water partition coefficient (Wildman–Crippen LogP) is 4.54. The molecule has 0 radical (unpaired) electrons. The lowest BCUT2D eigenvalue weighted by Crippen LogP contribution is -2.18. The molecular weight excluding hydrogens is 326 g/mol. The summed E-state index contributed by atoms with van der Waals surface area (Å²) in [5.74, 6) is 1.07. The number of ether oxygens (including phenoxy) is 1. The molecule has 110 valence electrons. The molecule has 0 amide bonds. The van der Waals surface area contributed by atoms with Gasteiger partial charge in [-0.15, -0.1) is 0 Å². The molecule has 3 heteroatoms. The van der Waals surface area contributed by atoms with Crippen LogP contribution in [0.15, 0.2) is 40.9 Å². The fourth-order valence-corrected chi connectivity index (χ4v) is 3.35. The average molecular weight is 346 g/mol. The minimum Gasteiger partial charge on any atom is -0.493 e. The van der Waals surface area contributed by atoms with E-state index in [0.29, 0.717) is 6.04 Å². The van der Waals surface area contributed by atoms with Crippen molar-refractivity contribution in [3.63, 3.8) is 0 Å². The van der Waals surface area contributed by atoms with E-state index in [1.807, 2.05) is 0 Å². The van der Waals surface area contributed by atoms with Gasteiger partial charge in [0.1, 0.15) is 5.75 Å². The van der Waals surface area contributed by atoms with Gasteiger partial charge in [-0.25, -0.2) is 0 Å². The quantitative estimate of drug-likeness (QED) is 0.877. The van der Waals surface area contributed by atoms with E-state index in [4.69, 9.17) is 4.74 Å². The summed E-state index contributed by atoms with van der Waals surface area (Å²) in [7, 11) is 0. The van der Waals surface area contributed by atoms with Crippen molar-refractivity contribution in [2.45, 2.75) is 32.9 Å². The summed E-state index contributed by atoms with van der Waals surface area (Å²) >= 11 is 3.59. The van der Waals surface area contributed by atoms with Gasteiger partial charge in [0.2, 0.25) is 0 Å². The first-order chi connectivity index (χ1) is 10.1. The molecular formula is C18H20BrNO. The van der Waals surface area contributed by atoms with Crippen LogP contribution in [0.5, 0.6) is 5.75 Å². The number of aryl methyl sites for hydroxylation is 1.